The molecule has 1 aromatic rings. The predicted molar refractivity (Wildman–Crippen MR) is 116 cm³/mol. The highest BCUT2D eigenvalue weighted by atomic mass is 16.5. The van der Waals surface area contributed by atoms with Gasteiger partial charge in [-0.2, -0.15) is 0 Å². The molecule has 0 saturated carbocycles. The summed E-state index contributed by atoms with van der Waals surface area (Å²) >= 11 is 0. The summed E-state index contributed by atoms with van der Waals surface area (Å²) in [5, 5.41) is 3.22. The zero-order chi connectivity index (χ0) is 19.8. The maximum absolute atomic E-state index is 5.70. The fourth-order valence-corrected chi connectivity index (χ4v) is 4.24. The van der Waals surface area contributed by atoms with Crippen LogP contribution in [0.25, 0.3) is 0 Å². The summed E-state index contributed by atoms with van der Waals surface area (Å²) in [6.07, 6.45) is 5.45. The zero-order valence-electron chi connectivity index (χ0n) is 15.8. The van der Waals surface area contributed by atoms with Crippen LogP contribution in [0.3, 0.4) is 0 Å². The van der Waals surface area contributed by atoms with Gasteiger partial charge in [-0.1, -0.05) is 50.1 Å². The quantitative estimate of drug-likeness (QED) is 0.808. The van der Waals surface area contributed by atoms with Crippen molar-refractivity contribution in [3.8, 4) is 0 Å². The van der Waals surface area contributed by atoms with Gasteiger partial charge in [0.2, 0.25) is 0 Å². The third-order valence-electron chi connectivity index (χ3n) is 5.43. The molecule has 0 spiro atoms. The Morgan fingerprint density at radius 1 is 1.04 bits per heavy atom. The lowest BCUT2D eigenvalue weighted by Crippen LogP contribution is -2.34. The SMILES string of the molecule is C=CC1=NC(C2c3ccccc3C(C=C)=NC2C=C)C2=C1C(=C)OC(=C)NC2. The van der Waals surface area contributed by atoms with E-state index in [2.05, 4.69) is 56.4 Å². The third-order valence-corrected chi connectivity index (χ3v) is 5.43. The summed E-state index contributed by atoms with van der Waals surface area (Å²) in [5.41, 5.74) is 5.98. The Balaban J connectivity index is 1.89. The summed E-state index contributed by atoms with van der Waals surface area (Å²) < 4.78 is 5.70. The molecule has 1 aromatic carbocycles. The molecule has 0 aliphatic carbocycles. The number of nitrogens with zero attached hydrogens (tertiary/aromatic N) is 2. The first-order valence-corrected chi connectivity index (χ1v) is 9.24. The van der Waals surface area contributed by atoms with Gasteiger partial charge in [0.1, 0.15) is 5.76 Å². The molecule has 0 radical (unpaired) electrons. The fraction of sp³-hybridized carbons (Fsp3) is 0.167. The Labute approximate surface area is 165 Å². The highest BCUT2D eigenvalue weighted by Crippen LogP contribution is 2.43. The summed E-state index contributed by atoms with van der Waals surface area (Å²) in [6, 6.07) is 8.06. The lowest BCUT2D eigenvalue weighted by atomic mass is 9.77. The summed E-state index contributed by atoms with van der Waals surface area (Å²) in [6.45, 7) is 20.5. The maximum atomic E-state index is 5.70. The highest BCUT2D eigenvalue weighted by molar-refractivity contribution is 6.14. The average molecular weight is 369 g/mol. The summed E-state index contributed by atoms with van der Waals surface area (Å²) in [5.74, 6) is 1.04. The Morgan fingerprint density at radius 3 is 2.50 bits per heavy atom. The first-order chi connectivity index (χ1) is 13.6. The van der Waals surface area contributed by atoms with E-state index >= 15 is 0 Å². The second-order valence-electron chi connectivity index (χ2n) is 6.92. The van der Waals surface area contributed by atoms with Crippen molar-refractivity contribution in [2.45, 2.75) is 18.0 Å². The van der Waals surface area contributed by atoms with Gasteiger partial charge in [-0.15, -0.1) is 6.58 Å². The largest absolute Gasteiger partial charge is 0.442 e. The van der Waals surface area contributed by atoms with Gasteiger partial charge in [-0.25, -0.2) is 0 Å². The zero-order valence-corrected chi connectivity index (χ0v) is 15.8. The minimum atomic E-state index is -0.124. The molecule has 0 saturated heterocycles. The van der Waals surface area contributed by atoms with Crippen LogP contribution in [-0.4, -0.2) is 30.1 Å². The smallest absolute Gasteiger partial charge is 0.186 e. The molecular formula is C24H23N3O. The van der Waals surface area contributed by atoms with E-state index in [1.165, 1.54) is 5.56 Å². The number of ether oxygens (including phenoxy) is 1. The number of hydrogen-bond acceptors (Lipinski definition) is 4. The molecule has 3 heterocycles. The number of allylic oxidation sites excluding steroid dienone is 3. The monoisotopic (exact) mass is 369 g/mol. The minimum absolute atomic E-state index is 0.0146. The molecule has 0 bridgehead atoms. The summed E-state index contributed by atoms with van der Waals surface area (Å²) in [4.78, 5) is 9.91. The van der Waals surface area contributed by atoms with Crippen molar-refractivity contribution >= 4 is 11.4 Å². The maximum Gasteiger partial charge on any atom is 0.186 e. The second-order valence-corrected chi connectivity index (χ2v) is 6.92. The predicted octanol–water partition coefficient (Wildman–Crippen LogP) is 4.22. The van der Waals surface area contributed by atoms with Gasteiger partial charge in [-0.05, 0) is 29.9 Å². The van der Waals surface area contributed by atoms with E-state index in [4.69, 9.17) is 14.7 Å². The molecular weight excluding hydrogens is 346 g/mol. The molecule has 0 amide bonds. The number of rotatable bonds is 4. The number of fused-ring (bicyclic) bond motifs is 1. The van der Waals surface area contributed by atoms with Crippen LogP contribution in [0.5, 0.6) is 0 Å². The topological polar surface area (TPSA) is 46.0 Å². The molecule has 3 aliphatic rings. The van der Waals surface area contributed by atoms with E-state index in [0.29, 0.717) is 18.2 Å². The van der Waals surface area contributed by atoms with Crippen LogP contribution in [0.2, 0.25) is 0 Å². The van der Waals surface area contributed by atoms with Crippen molar-refractivity contribution in [2.75, 3.05) is 6.54 Å². The molecule has 4 nitrogen and oxygen atoms in total. The molecule has 3 unspecified atom stereocenters. The van der Waals surface area contributed by atoms with Gasteiger partial charge >= 0.3 is 0 Å². The van der Waals surface area contributed by atoms with Crippen molar-refractivity contribution in [1.29, 1.82) is 0 Å². The Kier molecular flexibility index (Phi) is 4.47. The number of benzene rings is 1. The van der Waals surface area contributed by atoms with Crippen LogP contribution in [0.15, 0.2) is 108 Å². The molecule has 140 valence electrons. The Hall–Kier alpha value is -3.40. The molecule has 1 N–H and O–H groups in total. The van der Waals surface area contributed by atoms with Gasteiger partial charge in [-0.3, -0.25) is 9.98 Å². The second kappa shape index (κ2) is 6.97. The van der Waals surface area contributed by atoms with E-state index in [9.17, 15) is 0 Å². The van der Waals surface area contributed by atoms with E-state index in [1.807, 2.05) is 12.1 Å². The molecule has 4 heteroatoms. The van der Waals surface area contributed by atoms with Crippen LogP contribution < -0.4 is 5.32 Å². The first-order valence-electron chi connectivity index (χ1n) is 9.24. The Morgan fingerprint density at radius 2 is 1.79 bits per heavy atom. The van der Waals surface area contributed by atoms with Crippen molar-refractivity contribution in [1.82, 2.24) is 5.32 Å². The van der Waals surface area contributed by atoms with Crippen LogP contribution in [0, 0.1) is 0 Å². The molecule has 4 rings (SSSR count). The standard InChI is InChI=1S/C24H23N3O/c1-6-19-16-11-9-10-12-17(16)23(21(8-3)26-19)24-18-13-25-15(5)28-14(4)22(18)20(7-2)27-24/h6-12,21,23-25H,1-5,13H2. The van der Waals surface area contributed by atoms with Crippen LogP contribution in [0.4, 0.5) is 0 Å². The first kappa shape index (κ1) is 18.0. The fourth-order valence-electron chi connectivity index (χ4n) is 4.24. The van der Waals surface area contributed by atoms with Gasteiger partial charge < -0.3 is 10.1 Å². The van der Waals surface area contributed by atoms with Crippen molar-refractivity contribution in [2.24, 2.45) is 9.98 Å². The van der Waals surface area contributed by atoms with Gasteiger partial charge in [0.05, 0.1) is 23.5 Å². The van der Waals surface area contributed by atoms with Gasteiger partial charge in [0, 0.05) is 23.6 Å². The van der Waals surface area contributed by atoms with E-state index < -0.39 is 0 Å². The molecule has 3 atom stereocenters. The molecule has 0 fully saturated rings. The van der Waals surface area contributed by atoms with Gasteiger partial charge in [0.25, 0.3) is 0 Å². The van der Waals surface area contributed by atoms with E-state index in [-0.39, 0.29) is 18.0 Å². The van der Waals surface area contributed by atoms with E-state index in [0.717, 1.165) is 28.1 Å². The van der Waals surface area contributed by atoms with E-state index in [1.54, 1.807) is 12.2 Å². The normalized spacial score (nSPS) is 26.1. The third kappa shape index (κ3) is 2.69. The average Bonchev–Trinajstić information content (AvgIpc) is 3.01. The van der Waals surface area contributed by atoms with Gasteiger partial charge in [0.15, 0.2) is 5.88 Å². The van der Waals surface area contributed by atoms with Crippen molar-refractivity contribution in [3.05, 3.63) is 109 Å². The molecule has 28 heavy (non-hydrogen) atoms. The van der Waals surface area contributed by atoms with Crippen LogP contribution in [-0.2, 0) is 4.74 Å². The van der Waals surface area contributed by atoms with Crippen LogP contribution >= 0.6 is 0 Å². The lowest BCUT2D eigenvalue weighted by Gasteiger charge is -2.33. The van der Waals surface area contributed by atoms with Crippen molar-refractivity contribution in [3.63, 3.8) is 0 Å². The molecule has 3 aliphatic heterocycles. The minimum Gasteiger partial charge on any atom is -0.442 e. The number of aliphatic imine (C=N–C) groups is 2. The van der Waals surface area contributed by atoms with Crippen molar-refractivity contribution < 1.29 is 4.74 Å². The summed E-state index contributed by atoms with van der Waals surface area (Å²) in [7, 11) is 0. The number of hydrogen-bond donors (Lipinski definition) is 1. The molecule has 0 aromatic heterocycles. The lowest BCUT2D eigenvalue weighted by molar-refractivity contribution is 0.298. The Bertz CT molecular complexity index is 1010. The van der Waals surface area contributed by atoms with Crippen LogP contribution in [0.1, 0.15) is 17.0 Å². The highest BCUT2D eigenvalue weighted by Gasteiger charge is 2.41. The number of nitrogens with one attached hydrogen (secondary N) is 1.